The number of methoxy groups -OCH3 is 2. The summed E-state index contributed by atoms with van der Waals surface area (Å²) in [6.45, 7) is 1.04. The molecule has 2 aliphatic rings. The zero-order valence-corrected chi connectivity index (χ0v) is 19.2. The number of hydrogen-bond acceptors (Lipinski definition) is 6. The lowest BCUT2D eigenvalue weighted by molar-refractivity contribution is 0.156. The molecule has 0 bridgehead atoms. The third-order valence-corrected chi connectivity index (χ3v) is 7.40. The van der Waals surface area contributed by atoms with Gasteiger partial charge in [-0.2, -0.15) is 15.4 Å². The van der Waals surface area contributed by atoms with Crippen LogP contribution in [-0.4, -0.2) is 66.2 Å². The molecule has 1 saturated carbocycles. The Morgan fingerprint density at radius 1 is 1.09 bits per heavy atom. The number of anilines is 1. The number of aromatic amines is 1. The van der Waals surface area contributed by atoms with Crippen molar-refractivity contribution in [1.82, 2.24) is 25.6 Å². The number of H-pyrrole nitrogens is 1. The van der Waals surface area contributed by atoms with Gasteiger partial charge in [0.25, 0.3) is 0 Å². The number of rotatable bonds is 5. The maximum Gasteiger partial charge on any atom is 0.319 e. The number of hydrogen-bond donors (Lipinski definition) is 3. The lowest BCUT2D eigenvalue weighted by atomic mass is 9.65. The first-order valence-electron chi connectivity index (χ1n) is 11.3. The van der Waals surface area contributed by atoms with E-state index >= 15 is 0 Å². The van der Waals surface area contributed by atoms with Crippen LogP contribution < -0.4 is 20.1 Å². The third-order valence-electron chi connectivity index (χ3n) is 7.40. The molecule has 2 aromatic carbocycles. The van der Waals surface area contributed by atoms with Crippen LogP contribution in [0.1, 0.15) is 31.2 Å². The fourth-order valence-electron chi connectivity index (χ4n) is 5.67. The highest BCUT2D eigenvalue weighted by molar-refractivity contribution is 5.91. The van der Waals surface area contributed by atoms with Crippen LogP contribution in [0.15, 0.2) is 36.4 Å². The van der Waals surface area contributed by atoms with Crippen molar-refractivity contribution >= 4 is 22.8 Å². The molecule has 9 nitrogen and oxygen atoms in total. The number of nitrogens with one attached hydrogen (secondary N) is 3. The molecule has 2 fully saturated rings. The summed E-state index contributed by atoms with van der Waals surface area (Å²) in [5, 5.41) is 16.8. The number of carbonyl (C=O) groups excluding carboxylic acids is 1. The third kappa shape index (κ3) is 3.86. The molecule has 9 heteroatoms. The van der Waals surface area contributed by atoms with Crippen molar-refractivity contribution in [2.24, 2.45) is 0 Å². The van der Waals surface area contributed by atoms with E-state index in [-0.39, 0.29) is 17.5 Å². The minimum Gasteiger partial charge on any atom is -0.493 e. The van der Waals surface area contributed by atoms with Gasteiger partial charge in [0.15, 0.2) is 11.5 Å². The van der Waals surface area contributed by atoms with E-state index in [0.29, 0.717) is 11.7 Å². The second kappa shape index (κ2) is 8.55. The number of urea groups is 1. The summed E-state index contributed by atoms with van der Waals surface area (Å²) in [7, 11) is 5.52. The Balaban J connectivity index is 1.29. The molecule has 3 N–H and O–H groups in total. The molecule has 2 heterocycles. The Hall–Kier alpha value is -3.33. The van der Waals surface area contributed by atoms with Crippen molar-refractivity contribution in [3.8, 4) is 11.5 Å². The molecule has 1 saturated heterocycles. The highest BCUT2D eigenvalue weighted by Gasteiger charge is 2.50. The zero-order valence-electron chi connectivity index (χ0n) is 19.2. The Morgan fingerprint density at radius 2 is 1.91 bits per heavy atom. The Morgan fingerprint density at radius 3 is 2.73 bits per heavy atom. The summed E-state index contributed by atoms with van der Waals surface area (Å²) in [6, 6.07) is 12.0. The van der Waals surface area contributed by atoms with E-state index in [2.05, 4.69) is 50.1 Å². The first kappa shape index (κ1) is 21.5. The van der Waals surface area contributed by atoms with Crippen molar-refractivity contribution in [2.45, 2.75) is 43.2 Å². The smallest absolute Gasteiger partial charge is 0.319 e. The largest absolute Gasteiger partial charge is 0.493 e. The van der Waals surface area contributed by atoms with Gasteiger partial charge in [0.1, 0.15) is 11.0 Å². The van der Waals surface area contributed by atoms with Crippen molar-refractivity contribution < 1.29 is 14.3 Å². The number of aromatic nitrogens is 3. The molecule has 174 valence electrons. The number of ether oxygens (including phenoxy) is 2. The quantitative estimate of drug-likeness (QED) is 0.551. The van der Waals surface area contributed by atoms with E-state index in [1.165, 1.54) is 5.56 Å². The van der Waals surface area contributed by atoms with E-state index in [1.807, 2.05) is 24.3 Å². The van der Waals surface area contributed by atoms with Crippen LogP contribution in [0.4, 0.5) is 10.5 Å². The highest BCUT2D eigenvalue weighted by atomic mass is 16.5. The van der Waals surface area contributed by atoms with E-state index in [9.17, 15) is 4.79 Å². The van der Waals surface area contributed by atoms with Crippen molar-refractivity contribution in [3.05, 3.63) is 42.0 Å². The van der Waals surface area contributed by atoms with Crippen molar-refractivity contribution in [1.29, 1.82) is 0 Å². The lowest BCUT2D eigenvalue weighted by Gasteiger charge is -2.45. The van der Waals surface area contributed by atoms with E-state index in [1.54, 1.807) is 14.2 Å². The first-order valence-corrected chi connectivity index (χ1v) is 11.3. The topological polar surface area (TPSA) is 104 Å². The summed E-state index contributed by atoms with van der Waals surface area (Å²) in [5.41, 5.74) is 3.53. The molecule has 3 aromatic rings. The normalized spacial score (nSPS) is 24.9. The predicted molar refractivity (Wildman–Crippen MR) is 126 cm³/mol. The summed E-state index contributed by atoms with van der Waals surface area (Å²) < 4.78 is 11.0. The van der Waals surface area contributed by atoms with Gasteiger partial charge in [-0.05, 0) is 75.2 Å². The van der Waals surface area contributed by atoms with Crippen LogP contribution in [0.2, 0.25) is 0 Å². The molecule has 3 atom stereocenters. The maximum atomic E-state index is 12.7. The van der Waals surface area contributed by atoms with Crippen LogP contribution in [0.5, 0.6) is 11.5 Å². The molecule has 33 heavy (non-hydrogen) atoms. The van der Waals surface area contributed by atoms with Crippen LogP contribution in [-0.2, 0) is 5.41 Å². The minimum atomic E-state index is -0.192. The van der Waals surface area contributed by atoms with Gasteiger partial charge < -0.3 is 25.0 Å². The van der Waals surface area contributed by atoms with Gasteiger partial charge in [-0.15, -0.1) is 0 Å². The molecule has 2 amide bonds. The zero-order chi connectivity index (χ0) is 23.0. The van der Waals surface area contributed by atoms with Crippen LogP contribution in [0.3, 0.4) is 0 Å². The number of amides is 2. The first-order chi connectivity index (χ1) is 16.0. The van der Waals surface area contributed by atoms with Gasteiger partial charge in [0.2, 0.25) is 0 Å². The van der Waals surface area contributed by atoms with Gasteiger partial charge in [0, 0.05) is 23.2 Å². The average Bonchev–Trinajstić information content (AvgIpc) is 3.43. The fourth-order valence-corrected chi connectivity index (χ4v) is 5.67. The maximum absolute atomic E-state index is 12.7. The molecule has 5 rings (SSSR count). The van der Waals surface area contributed by atoms with Gasteiger partial charge in [0.05, 0.1) is 14.2 Å². The fraction of sp³-hybridized carbons (Fsp3) is 0.458. The molecular formula is C24H30N6O3. The standard InChI is InChI=1S/C24H30N6O3/c1-30-11-10-24(15-4-7-20(32-2)21(12-15)33-3)9-8-17(14-22(24)30)26-23(31)25-16-5-6-18-19(13-16)28-29-27-18/h4-7,12-13,17,22H,8-11,14H2,1-3H3,(H2,25,26,31)(H,27,28,29)/t17-,22+,24-/m0/s1. The minimum absolute atomic E-state index is 0.0565. The number of carbonyl (C=O) groups is 1. The van der Waals surface area contributed by atoms with Gasteiger partial charge >= 0.3 is 6.03 Å². The molecule has 1 aliphatic heterocycles. The van der Waals surface area contributed by atoms with Gasteiger partial charge in [-0.3, -0.25) is 0 Å². The summed E-state index contributed by atoms with van der Waals surface area (Å²) in [4.78, 5) is 15.2. The number of fused-ring (bicyclic) bond motifs is 2. The van der Waals surface area contributed by atoms with Crippen LogP contribution in [0.25, 0.3) is 11.0 Å². The molecular weight excluding hydrogens is 420 g/mol. The molecule has 0 spiro atoms. The van der Waals surface area contributed by atoms with Crippen LogP contribution in [0, 0.1) is 0 Å². The van der Waals surface area contributed by atoms with E-state index in [0.717, 1.165) is 54.8 Å². The Bertz CT molecular complexity index is 1160. The molecule has 1 aliphatic carbocycles. The van der Waals surface area contributed by atoms with Gasteiger partial charge in [-0.1, -0.05) is 6.07 Å². The number of benzene rings is 2. The van der Waals surface area contributed by atoms with Crippen LogP contribution >= 0.6 is 0 Å². The lowest BCUT2D eigenvalue weighted by Crippen LogP contribution is -2.52. The van der Waals surface area contributed by atoms with Gasteiger partial charge in [-0.25, -0.2) is 4.79 Å². The SMILES string of the molecule is COc1ccc([C@@]23CC[C@H](NC(=O)Nc4ccc5n[nH]nc5c4)C[C@H]2N(C)CC3)cc1OC. The highest BCUT2D eigenvalue weighted by Crippen LogP contribution is 2.49. The Kier molecular flexibility index (Phi) is 5.57. The molecule has 1 aromatic heterocycles. The van der Waals surface area contributed by atoms with Crippen molar-refractivity contribution in [2.75, 3.05) is 33.1 Å². The summed E-state index contributed by atoms with van der Waals surface area (Å²) in [6.07, 6.45) is 3.93. The number of nitrogens with zero attached hydrogens (tertiary/aromatic N) is 3. The summed E-state index contributed by atoms with van der Waals surface area (Å²) in [5.74, 6) is 1.51. The average molecular weight is 451 g/mol. The predicted octanol–water partition coefficient (Wildman–Crippen LogP) is 3.29. The Labute approximate surface area is 192 Å². The molecule has 0 radical (unpaired) electrons. The number of likely N-dealkylation sites (N-methyl/N-ethyl adjacent to an activating group) is 1. The second-order valence-electron chi connectivity index (χ2n) is 9.07. The number of likely N-dealkylation sites (tertiary alicyclic amines) is 1. The monoisotopic (exact) mass is 450 g/mol. The van der Waals surface area contributed by atoms with Crippen molar-refractivity contribution in [3.63, 3.8) is 0 Å². The summed E-state index contributed by atoms with van der Waals surface area (Å²) >= 11 is 0. The van der Waals surface area contributed by atoms with E-state index in [4.69, 9.17) is 9.47 Å². The van der Waals surface area contributed by atoms with E-state index < -0.39 is 0 Å². The second-order valence-corrected chi connectivity index (χ2v) is 9.07. The molecule has 0 unspecified atom stereocenters.